The Morgan fingerprint density at radius 2 is 1.94 bits per heavy atom. The van der Waals surface area contributed by atoms with Gasteiger partial charge < -0.3 is 15.2 Å². The summed E-state index contributed by atoms with van der Waals surface area (Å²) in [6, 6.07) is 0.0883. The third-order valence-corrected chi connectivity index (χ3v) is 2.67. The van der Waals surface area contributed by atoms with E-state index in [0.717, 1.165) is 12.8 Å². The van der Waals surface area contributed by atoms with E-state index < -0.39 is 5.97 Å². The third kappa shape index (κ3) is 4.61. The lowest BCUT2D eigenvalue weighted by Crippen LogP contribution is -2.39. The lowest BCUT2D eigenvalue weighted by molar-refractivity contribution is -0.146. The highest BCUT2D eigenvalue weighted by Gasteiger charge is 2.21. The molecule has 0 radical (unpaired) electrons. The molecular formula is C11H19NO4. The molecule has 1 fully saturated rings. The standard InChI is InChI=1S/C11H19NO4/c1-2-16-11(15)7-10(14)12-8-3-5-9(13)6-4-8/h8-9,13H,2-7H2,1H3,(H,12,14). The Morgan fingerprint density at radius 3 is 2.50 bits per heavy atom. The average molecular weight is 229 g/mol. The van der Waals surface area contributed by atoms with Gasteiger partial charge in [-0.25, -0.2) is 0 Å². The summed E-state index contributed by atoms with van der Waals surface area (Å²) in [5, 5.41) is 12.1. The fourth-order valence-corrected chi connectivity index (χ4v) is 1.84. The maximum absolute atomic E-state index is 11.4. The van der Waals surface area contributed by atoms with Crippen LogP contribution in [-0.4, -0.2) is 35.7 Å². The first-order valence-corrected chi connectivity index (χ1v) is 5.75. The average Bonchev–Trinajstić information content (AvgIpc) is 2.21. The highest BCUT2D eigenvalue weighted by Crippen LogP contribution is 2.18. The molecule has 0 aromatic rings. The van der Waals surface area contributed by atoms with E-state index in [4.69, 9.17) is 0 Å². The molecular weight excluding hydrogens is 210 g/mol. The van der Waals surface area contributed by atoms with Gasteiger partial charge in [0.25, 0.3) is 0 Å². The van der Waals surface area contributed by atoms with E-state index >= 15 is 0 Å². The number of carbonyl (C=O) groups is 2. The molecule has 0 spiro atoms. The lowest BCUT2D eigenvalue weighted by atomic mass is 9.93. The molecule has 0 atom stereocenters. The molecule has 16 heavy (non-hydrogen) atoms. The predicted molar refractivity (Wildman–Crippen MR) is 57.7 cm³/mol. The highest BCUT2D eigenvalue weighted by molar-refractivity contribution is 5.94. The summed E-state index contributed by atoms with van der Waals surface area (Å²) in [4.78, 5) is 22.4. The van der Waals surface area contributed by atoms with Crippen LogP contribution in [0.2, 0.25) is 0 Å². The molecule has 1 saturated carbocycles. The SMILES string of the molecule is CCOC(=O)CC(=O)NC1CCC(O)CC1. The molecule has 1 aliphatic rings. The first kappa shape index (κ1) is 13.0. The van der Waals surface area contributed by atoms with Crippen molar-refractivity contribution in [1.29, 1.82) is 0 Å². The molecule has 5 heteroatoms. The molecule has 2 N–H and O–H groups in total. The topological polar surface area (TPSA) is 75.6 Å². The van der Waals surface area contributed by atoms with Gasteiger partial charge in [-0.15, -0.1) is 0 Å². The van der Waals surface area contributed by atoms with Crippen LogP contribution in [0.4, 0.5) is 0 Å². The van der Waals surface area contributed by atoms with E-state index in [-0.39, 0.29) is 24.5 Å². The lowest BCUT2D eigenvalue weighted by Gasteiger charge is -2.25. The van der Waals surface area contributed by atoms with Crippen molar-refractivity contribution in [3.63, 3.8) is 0 Å². The number of nitrogens with one attached hydrogen (secondary N) is 1. The maximum Gasteiger partial charge on any atom is 0.315 e. The van der Waals surface area contributed by atoms with Crippen LogP contribution >= 0.6 is 0 Å². The van der Waals surface area contributed by atoms with Crippen LogP contribution in [0.3, 0.4) is 0 Å². The number of ether oxygens (including phenoxy) is 1. The zero-order valence-electron chi connectivity index (χ0n) is 9.57. The van der Waals surface area contributed by atoms with Gasteiger partial charge in [0.2, 0.25) is 5.91 Å². The summed E-state index contributed by atoms with van der Waals surface area (Å²) >= 11 is 0. The van der Waals surface area contributed by atoms with Gasteiger partial charge in [0.1, 0.15) is 6.42 Å². The molecule has 1 aliphatic carbocycles. The molecule has 0 aromatic heterocycles. The Kier molecular flexibility index (Phi) is 5.25. The number of carbonyl (C=O) groups excluding carboxylic acids is 2. The van der Waals surface area contributed by atoms with E-state index in [0.29, 0.717) is 19.4 Å². The Hall–Kier alpha value is -1.10. The second kappa shape index (κ2) is 6.48. The van der Waals surface area contributed by atoms with Crippen molar-refractivity contribution in [2.75, 3.05) is 6.61 Å². The quantitative estimate of drug-likeness (QED) is 0.539. The molecule has 0 aliphatic heterocycles. The molecule has 0 unspecified atom stereocenters. The molecule has 1 amide bonds. The van der Waals surface area contributed by atoms with E-state index in [1.165, 1.54) is 0 Å². The van der Waals surface area contributed by atoms with Crippen molar-refractivity contribution in [3.8, 4) is 0 Å². The Morgan fingerprint density at radius 1 is 1.31 bits per heavy atom. The maximum atomic E-state index is 11.4. The summed E-state index contributed by atoms with van der Waals surface area (Å²) in [5.41, 5.74) is 0. The van der Waals surface area contributed by atoms with E-state index in [9.17, 15) is 14.7 Å². The minimum Gasteiger partial charge on any atom is -0.466 e. The van der Waals surface area contributed by atoms with Crippen molar-refractivity contribution in [2.24, 2.45) is 0 Å². The minimum absolute atomic E-state index is 0.0883. The van der Waals surface area contributed by atoms with Gasteiger partial charge in [-0.2, -0.15) is 0 Å². The number of esters is 1. The van der Waals surface area contributed by atoms with E-state index in [2.05, 4.69) is 10.1 Å². The second-order valence-corrected chi connectivity index (χ2v) is 4.05. The Labute approximate surface area is 95.2 Å². The zero-order valence-corrected chi connectivity index (χ0v) is 9.57. The zero-order chi connectivity index (χ0) is 12.0. The van der Waals surface area contributed by atoms with Crippen LogP contribution in [0.15, 0.2) is 0 Å². The van der Waals surface area contributed by atoms with Crippen LogP contribution in [-0.2, 0) is 14.3 Å². The first-order valence-electron chi connectivity index (χ1n) is 5.75. The molecule has 0 bridgehead atoms. The van der Waals surface area contributed by atoms with Crippen LogP contribution in [0.5, 0.6) is 0 Å². The van der Waals surface area contributed by atoms with Crippen LogP contribution in [0.1, 0.15) is 39.0 Å². The van der Waals surface area contributed by atoms with Crippen molar-refractivity contribution < 1.29 is 19.4 Å². The number of aliphatic hydroxyl groups is 1. The van der Waals surface area contributed by atoms with Crippen molar-refractivity contribution in [3.05, 3.63) is 0 Å². The molecule has 0 heterocycles. The monoisotopic (exact) mass is 229 g/mol. The molecule has 0 aromatic carbocycles. The van der Waals surface area contributed by atoms with Gasteiger partial charge in [-0.05, 0) is 32.6 Å². The number of rotatable bonds is 4. The molecule has 5 nitrogen and oxygen atoms in total. The second-order valence-electron chi connectivity index (χ2n) is 4.05. The van der Waals surface area contributed by atoms with Gasteiger partial charge in [0.15, 0.2) is 0 Å². The van der Waals surface area contributed by atoms with E-state index in [1.54, 1.807) is 6.92 Å². The fourth-order valence-electron chi connectivity index (χ4n) is 1.84. The van der Waals surface area contributed by atoms with Gasteiger partial charge in [-0.3, -0.25) is 9.59 Å². The molecule has 1 rings (SSSR count). The summed E-state index contributed by atoms with van der Waals surface area (Å²) in [6.07, 6.45) is 2.52. The van der Waals surface area contributed by atoms with Gasteiger partial charge in [-0.1, -0.05) is 0 Å². The Bertz CT molecular complexity index is 246. The van der Waals surface area contributed by atoms with Crippen molar-refractivity contribution in [1.82, 2.24) is 5.32 Å². The van der Waals surface area contributed by atoms with Gasteiger partial charge in [0, 0.05) is 6.04 Å². The van der Waals surface area contributed by atoms with E-state index in [1.807, 2.05) is 0 Å². The normalized spacial score (nSPS) is 24.9. The minimum atomic E-state index is -0.490. The summed E-state index contributed by atoms with van der Waals surface area (Å²) in [7, 11) is 0. The largest absolute Gasteiger partial charge is 0.466 e. The van der Waals surface area contributed by atoms with Gasteiger partial charge >= 0.3 is 5.97 Å². The first-order chi connectivity index (χ1) is 7.61. The molecule has 0 saturated heterocycles. The van der Waals surface area contributed by atoms with Crippen LogP contribution < -0.4 is 5.32 Å². The molecule has 92 valence electrons. The smallest absolute Gasteiger partial charge is 0.315 e. The third-order valence-electron chi connectivity index (χ3n) is 2.67. The number of amides is 1. The highest BCUT2D eigenvalue weighted by atomic mass is 16.5. The summed E-state index contributed by atoms with van der Waals surface area (Å²) in [6.45, 7) is 2.00. The summed E-state index contributed by atoms with van der Waals surface area (Å²) < 4.78 is 4.68. The van der Waals surface area contributed by atoms with Gasteiger partial charge in [0.05, 0.1) is 12.7 Å². The number of hydrogen-bond acceptors (Lipinski definition) is 4. The number of hydrogen-bond donors (Lipinski definition) is 2. The Balaban J connectivity index is 2.21. The predicted octanol–water partition coefficient (Wildman–Crippen LogP) is 0.359. The number of aliphatic hydroxyl groups excluding tert-OH is 1. The van der Waals surface area contributed by atoms with Crippen molar-refractivity contribution in [2.45, 2.75) is 51.2 Å². The van der Waals surface area contributed by atoms with Crippen molar-refractivity contribution >= 4 is 11.9 Å². The fraction of sp³-hybridized carbons (Fsp3) is 0.818. The van der Waals surface area contributed by atoms with Crippen LogP contribution in [0.25, 0.3) is 0 Å². The van der Waals surface area contributed by atoms with Crippen LogP contribution in [0, 0.1) is 0 Å². The summed E-state index contributed by atoms with van der Waals surface area (Å²) in [5.74, 6) is -0.782.